The van der Waals surface area contributed by atoms with Gasteiger partial charge in [0.2, 0.25) is 0 Å². The van der Waals surface area contributed by atoms with Crippen LogP contribution in [0.3, 0.4) is 0 Å². The number of aliphatic hydroxyl groups is 1. The van der Waals surface area contributed by atoms with E-state index < -0.39 is 0 Å². The molecule has 3 aliphatic rings. The van der Waals surface area contributed by atoms with E-state index in [4.69, 9.17) is 11.6 Å². The van der Waals surface area contributed by atoms with E-state index in [9.17, 15) is 5.11 Å². The van der Waals surface area contributed by atoms with Gasteiger partial charge in [-0.15, -0.1) is 0 Å². The summed E-state index contributed by atoms with van der Waals surface area (Å²) in [5.41, 5.74) is 1.29. The molecule has 0 spiro atoms. The first kappa shape index (κ1) is 17.7. The van der Waals surface area contributed by atoms with Crippen molar-refractivity contribution in [2.24, 2.45) is 11.8 Å². The maximum Gasteiger partial charge on any atom is 0.0698 e. The summed E-state index contributed by atoms with van der Waals surface area (Å²) in [5, 5.41) is 11.6. The molecule has 1 aromatic rings. The molecule has 4 rings (SSSR count). The van der Waals surface area contributed by atoms with Gasteiger partial charge >= 0.3 is 0 Å². The number of likely N-dealkylation sites (tertiary alicyclic amines) is 1. The van der Waals surface area contributed by atoms with Crippen LogP contribution in [0.15, 0.2) is 24.3 Å². The largest absolute Gasteiger partial charge is 0.391 e. The average Bonchev–Trinajstić information content (AvgIpc) is 2.96. The van der Waals surface area contributed by atoms with Crippen molar-refractivity contribution in [1.82, 2.24) is 14.7 Å². The fourth-order valence-corrected chi connectivity index (χ4v) is 5.29. The highest BCUT2D eigenvalue weighted by molar-refractivity contribution is 6.30. The van der Waals surface area contributed by atoms with Crippen LogP contribution in [0.2, 0.25) is 5.02 Å². The number of likely N-dealkylation sites (N-methyl/N-ethyl adjacent to an activating group) is 1. The van der Waals surface area contributed by atoms with Gasteiger partial charge in [0.1, 0.15) is 0 Å². The highest BCUT2D eigenvalue weighted by Crippen LogP contribution is 2.39. The zero-order valence-electron chi connectivity index (χ0n) is 15.1. The Morgan fingerprint density at radius 1 is 1.08 bits per heavy atom. The van der Waals surface area contributed by atoms with E-state index in [0.29, 0.717) is 12.0 Å². The van der Waals surface area contributed by atoms with Crippen LogP contribution >= 0.6 is 11.6 Å². The molecule has 0 aromatic heterocycles. The third-order valence-corrected chi connectivity index (χ3v) is 6.72. The van der Waals surface area contributed by atoms with Gasteiger partial charge < -0.3 is 10.0 Å². The summed E-state index contributed by atoms with van der Waals surface area (Å²) in [6.45, 7) is 7.70. The molecule has 0 unspecified atom stereocenters. The Morgan fingerprint density at radius 2 is 1.80 bits per heavy atom. The van der Waals surface area contributed by atoms with E-state index in [0.717, 1.165) is 69.6 Å². The minimum Gasteiger partial charge on any atom is -0.391 e. The molecule has 4 atom stereocenters. The molecule has 0 amide bonds. The van der Waals surface area contributed by atoms with Crippen molar-refractivity contribution >= 4 is 11.6 Å². The van der Waals surface area contributed by atoms with E-state index in [-0.39, 0.29) is 6.10 Å². The number of piperazine rings is 1. The SMILES string of the molecule is CN1CCN([C@@H]2C[C@@H]3CN(Cc4cccc(Cl)c4)C[C@@H]3C[C@H]2O)CC1. The zero-order valence-corrected chi connectivity index (χ0v) is 15.9. The number of halogens is 1. The van der Waals surface area contributed by atoms with Gasteiger partial charge in [0.15, 0.2) is 0 Å². The zero-order chi connectivity index (χ0) is 17.4. The molecule has 2 aliphatic heterocycles. The number of benzene rings is 1. The Labute approximate surface area is 156 Å². The third-order valence-electron chi connectivity index (χ3n) is 6.49. The Hall–Kier alpha value is -0.650. The summed E-state index contributed by atoms with van der Waals surface area (Å²) < 4.78 is 0. The summed E-state index contributed by atoms with van der Waals surface area (Å²) in [6.07, 6.45) is 1.96. The van der Waals surface area contributed by atoms with Crippen LogP contribution < -0.4 is 0 Å². The number of hydrogen-bond donors (Lipinski definition) is 1. The monoisotopic (exact) mass is 363 g/mol. The van der Waals surface area contributed by atoms with Gasteiger partial charge in [0.05, 0.1) is 6.10 Å². The molecule has 5 heteroatoms. The second kappa shape index (κ2) is 7.53. The Morgan fingerprint density at radius 3 is 2.52 bits per heavy atom. The second-order valence-electron chi connectivity index (χ2n) is 8.29. The van der Waals surface area contributed by atoms with Crippen molar-refractivity contribution in [1.29, 1.82) is 0 Å². The van der Waals surface area contributed by atoms with E-state index in [1.165, 1.54) is 5.56 Å². The van der Waals surface area contributed by atoms with Gasteiger partial charge in [0, 0.05) is 56.9 Å². The van der Waals surface area contributed by atoms with Crippen LogP contribution in [-0.2, 0) is 6.54 Å². The van der Waals surface area contributed by atoms with Gasteiger partial charge in [-0.3, -0.25) is 9.80 Å². The quantitative estimate of drug-likeness (QED) is 0.891. The first-order chi connectivity index (χ1) is 12.1. The predicted octanol–water partition coefficient (Wildman–Crippen LogP) is 2.16. The van der Waals surface area contributed by atoms with Crippen molar-refractivity contribution < 1.29 is 5.11 Å². The molecule has 2 heterocycles. The highest BCUT2D eigenvalue weighted by atomic mass is 35.5. The number of rotatable bonds is 3. The standard InChI is InChI=1S/C20H30ClN3O/c1-22-5-7-24(8-6-22)19-10-16-13-23(14-17(16)11-20(19)25)12-15-3-2-4-18(21)9-15/h2-4,9,16-17,19-20,25H,5-8,10-14H2,1H3/t16-,17+,19-,20-/m1/s1. The topological polar surface area (TPSA) is 30.0 Å². The fraction of sp³-hybridized carbons (Fsp3) is 0.700. The molecule has 2 saturated heterocycles. The van der Waals surface area contributed by atoms with Crippen LogP contribution in [0.5, 0.6) is 0 Å². The number of hydrogen-bond acceptors (Lipinski definition) is 4. The third kappa shape index (κ3) is 4.04. The summed E-state index contributed by atoms with van der Waals surface area (Å²) >= 11 is 6.13. The minimum atomic E-state index is -0.157. The van der Waals surface area contributed by atoms with Crippen LogP contribution in [0.1, 0.15) is 18.4 Å². The molecule has 25 heavy (non-hydrogen) atoms. The first-order valence-electron chi connectivity index (χ1n) is 9.66. The minimum absolute atomic E-state index is 0.157. The Kier molecular flexibility index (Phi) is 5.35. The van der Waals surface area contributed by atoms with Crippen LogP contribution in [0.4, 0.5) is 0 Å². The lowest BCUT2D eigenvalue weighted by Crippen LogP contribution is -2.55. The maximum absolute atomic E-state index is 10.8. The normalized spacial score (nSPS) is 35.0. The van der Waals surface area contributed by atoms with E-state index >= 15 is 0 Å². The molecule has 3 fully saturated rings. The predicted molar refractivity (Wildman–Crippen MR) is 102 cm³/mol. The Bertz CT molecular complexity index is 590. The lowest BCUT2D eigenvalue weighted by atomic mass is 9.77. The summed E-state index contributed by atoms with van der Waals surface area (Å²) in [6, 6.07) is 8.57. The molecule has 4 nitrogen and oxygen atoms in total. The second-order valence-corrected chi connectivity index (χ2v) is 8.73. The lowest BCUT2D eigenvalue weighted by molar-refractivity contribution is -0.0249. The molecular formula is C20H30ClN3O. The highest BCUT2D eigenvalue weighted by Gasteiger charge is 2.43. The van der Waals surface area contributed by atoms with Gasteiger partial charge in [-0.1, -0.05) is 23.7 Å². The fourth-order valence-electron chi connectivity index (χ4n) is 5.07. The summed E-state index contributed by atoms with van der Waals surface area (Å²) in [5.74, 6) is 1.38. The first-order valence-corrected chi connectivity index (χ1v) is 10.0. The van der Waals surface area contributed by atoms with Crippen molar-refractivity contribution in [2.75, 3.05) is 46.3 Å². The maximum atomic E-state index is 10.8. The molecule has 1 N–H and O–H groups in total. The van der Waals surface area contributed by atoms with Gasteiger partial charge in [-0.2, -0.15) is 0 Å². The summed E-state index contributed by atoms with van der Waals surface area (Å²) in [7, 11) is 2.19. The molecule has 1 aliphatic carbocycles. The van der Waals surface area contributed by atoms with Crippen molar-refractivity contribution in [3.8, 4) is 0 Å². The van der Waals surface area contributed by atoms with Crippen LogP contribution in [-0.4, -0.2) is 78.3 Å². The number of aliphatic hydroxyl groups excluding tert-OH is 1. The number of fused-ring (bicyclic) bond motifs is 1. The lowest BCUT2D eigenvalue weighted by Gasteiger charge is -2.44. The smallest absolute Gasteiger partial charge is 0.0698 e. The molecule has 0 bridgehead atoms. The van der Waals surface area contributed by atoms with Crippen molar-refractivity contribution in [3.63, 3.8) is 0 Å². The van der Waals surface area contributed by atoms with Crippen molar-refractivity contribution in [3.05, 3.63) is 34.9 Å². The van der Waals surface area contributed by atoms with E-state index in [1.807, 2.05) is 12.1 Å². The van der Waals surface area contributed by atoms with Crippen LogP contribution in [0, 0.1) is 11.8 Å². The Balaban J connectivity index is 1.36. The van der Waals surface area contributed by atoms with Gasteiger partial charge in [-0.05, 0) is 49.4 Å². The van der Waals surface area contributed by atoms with E-state index in [2.05, 4.69) is 33.9 Å². The average molecular weight is 364 g/mol. The number of nitrogens with zero attached hydrogens (tertiary/aromatic N) is 3. The molecule has 138 valence electrons. The molecule has 1 aromatic carbocycles. The molecule has 0 radical (unpaired) electrons. The van der Waals surface area contributed by atoms with E-state index in [1.54, 1.807) is 0 Å². The van der Waals surface area contributed by atoms with Crippen molar-refractivity contribution in [2.45, 2.75) is 31.5 Å². The van der Waals surface area contributed by atoms with Gasteiger partial charge in [0.25, 0.3) is 0 Å². The van der Waals surface area contributed by atoms with Gasteiger partial charge in [-0.25, -0.2) is 0 Å². The van der Waals surface area contributed by atoms with Crippen LogP contribution in [0.25, 0.3) is 0 Å². The molecule has 1 saturated carbocycles. The molecular weight excluding hydrogens is 334 g/mol. The summed E-state index contributed by atoms with van der Waals surface area (Å²) in [4.78, 5) is 7.48.